The highest BCUT2D eigenvalue weighted by molar-refractivity contribution is 5.85. The van der Waals surface area contributed by atoms with Crippen molar-refractivity contribution in [2.24, 2.45) is 0 Å². The molecule has 0 aliphatic heterocycles. The highest BCUT2D eigenvalue weighted by Gasteiger charge is 2.29. The van der Waals surface area contributed by atoms with E-state index in [1.54, 1.807) is 0 Å². The Morgan fingerprint density at radius 1 is 1.38 bits per heavy atom. The monoisotopic (exact) mass is 235 g/mol. The molecule has 1 aromatic heterocycles. The largest absolute Gasteiger partial charge is 0.477 e. The lowest BCUT2D eigenvalue weighted by molar-refractivity contribution is -0.0301. The summed E-state index contributed by atoms with van der Waals surface area (Å²) in [5.41, 5.74) is -0.696. The van der Waals surface area contributed by atoms with Crippen LogP contribution in [0.5, 0.6) is 0 Å². The molecule has 1 aromatic rings. The number of rotatable bonds is 4. The summed E-state index contributed by atoms with van der Waals surface area (Å²) < 4.78 is 36.7. The molecule has 0 fully saturated rings. The van der Waals surface area contributed by atoms with Gasteiger partial charge in [-0.15, -0.1) is 0 Å². The molecular weight excluding hydrogens is 227 g/mol. The molecule has 4 nitrogen and oxygen atoms in total. The van der Waals surface area contributed by atoms with E-state index in [0.717, 1.165) is 18.3 Å². The van der Waals surface area contributed by atoms with Crippen molar-refractivity contribution in [2.45, 2.75) is 18.7 Å². The number of aliphatic hydroxyl groups is 1. The van der Waals surface area contributed by atoms with E-state index in [9.17, 15) is 23.1 Å². The Kier molecular flexibility index (Phi) is 3.83. The molecule has 0 aliphatic rings. The topological polar surface area (TPSA) is 70.4 Å². The number of carboxylic acids is 1. The third kappa shape index (κ3) is 2.69. The van der Waals surface area contributed by atoms with Gasteiger partial charge in [-0.3, -0.25) is 0 Å². The second-order valence-corrected chi connectivity index (χ2v) is 3.00. The maximum Gasteiger partial charge on any atom is 0.354 e. The van der Waals surface area contributed by atoms with Gasteiger partial charge in [0.25, 0.3) is 6.43 Å². The number of halogens is 3. The summed E-state index contributed by atoms with van der Waals surface area (Å²) in [6, 6.07) is 1.92. The van der Waals surface area contributed by atoms with E-state index in [0.29, 0.717) is 0 Å². The van der Waals surface area contributed by atoms with Crippen LogP contribution in [0.2, 0.25) is 0 Å². The van der Waals surface area contributed by atoms with Gasteiger partial charge in [0.05, 0.1) is 0 Å². The molecule has 2 unspecified atom stereocenters. The number of alkyl halides is 3. The molecule has 0 saturated carbocycles. The maximum atomic E-state index is 12.8. The molecule has 0 saturated heterocycles. The third-order valence-corrected chi connectivity index (χ3v) is 1.89. The minimum Gasteiger partial charge on any atom is -0.477 e. The highest BCUT2D eigenvalue weighted by atomic mass is 19.3. The third-order valence-electron chi connectivity index (χ3n) is 1.89. The Labute approximate surface area is 88.4 Å². The van der Waals surface area contributed by atoms with Crippen LogP contribution in [0.4, 0.5) is 13.2 Å². The van der Waals surface area contributed by atoms with Crippen molar-refractivity contribution in [2.75, 3.05) is 0 Å². The van der Waals surface area contributed by atoms with Crippen molar-refractivity contribution in [3.63, 3.8) is 0 Å². The van der Waals surface area contributed by atoms with E-state index in [-0.39, 0.29) is 5.56 Å². The average molecular weight is 235 g/mol. The van der Waals surface area contributed by atoms with E-state index in [4.69, 9.17) is 5.11 Å². The summed E-state index contributed by atoms with van der Waals surface area (Å²) in [6.07, 6.45) is -7.17. The Bertz CT molecular complexity index is 386. The van der Waals surface area contributed by atoms with Crippen molar-refractivity contribution < 1.29 is 28.2 Å². The first-order valence-electron chi connectivity index (χ1n) is 4.23. The van der Waals surface area contributed by atoms with Gasteiger partial charge in [0.2, 0.25) is 0 Å². The lowest BCUT2D eigenvalue weighted by Gasteiger charge is -2.15. The van der Waals surface area contributed by atoms with Gasteiger partial charge in [-0.1, -0.05) is 0 Å². The summed E-state index contributed by atoms with van der Waals surface area (Å²) in [5.74, 6) is -1.39. The van der Waals surface area contributed by atoms with E-state index >= 15 is 0 Å². The molecule has 0 amide bonds. The summed E-state index contributed by atoms with van der Waals surface area (Å²) >= 11 is 0. The Balaban J connectivity index is 2.95. The van der Waals surface area contributed by atoms with Crippen LogP contribution in [-0.4, -0.2) is 33.8 Å². The number of aliphatic hydroxyl groups excluding tert-OH is 1. The summed E-state index contributed by atoms with van der Waals surface area (Å²) in [6.45, 7) is 0. The van der Waals surface area contributed by atoms with Gasteiger partial charge in [-0.2, -0.15) is 0 Å². The number of aromatic carboxylic acids is 1. The average Bonchev–Trinajstić information content (AvgIpc) is 2.27. The van der Waals surface area contributed by atoms with Crippen LogP contribution in [0.25, 0.3) is 0 Å². The molecule has 7 heteroatoms. The van der Waals surface area contributed by atoms with Crippen LogP contribution < -0.4 is 0 Å². The van der Waals surface area contributed by atoms with Gasteiger partial charge < -0.3 is 10.2 Å². The predicted octanol–water partition coefficient (Wildman–Crippen LogP) is 1.42. The number of carbonyl (C=O) groups is 1. The molecule has 0 spiro atoms. The normalized spacial score (nSPS) is 14.8. The Hall–Kier alpha value is -1.63. The van der Waals surface area contributed by atoms with Gasteiger partial charge in [-0.25, -0.2) is 22.9 Å². The van der Waals surface area contributed by atoms with Crippen molar-refractivity contribution in [3.05, 3.63) is 29.6 Å². The number of hydrogen-bond acceptors (Lipinski definition) is 3. The zero-order valence-corrected chi connectivity index (χ0v) is 7.85. The lowest BCUT2D eigenvalue weighted by atomic mass is 10.1. The second kappa shape index (κ2) is 4.93. The van der Waals surface area contributed by atoms with Crippen LogP contribution in [0.1, 0.15) is 22.2 Å². The second-order valence-electron chi connectivity index (χ2n) is 3.00. The number of carboxylic acid groups (broad SMARTS) is 1. The summed E-state index contributed by atoms with van der Waals surface area (Å²) in [4.78, 5) is 13.9. The summed E-state index contributed by atoms with van der Waals surface area (Å²) in [5, 5.41) is 17.7. The molecule has 2 N–H and O–H groups in total. The number of hydrogen-bond donors (Lipinski definition) is 2. The first-order chi connectivity index (χ1) is 7.43. The SMILES string of the molecule is O=C(O)c1cc(C(O)C(F)C(F)F)ccn1. The van der Waals surface area contributed by atoms with E-state index < -0.39 is 30.4 Å². The van der Waals surface area contributed by atoms with Gasteiger partial charge in [0, 0.05) is 6.20 Å². The van der Waals surface area contributed by atoms with Crippen LogP contribution in [0.15, 0.2) is 18.3 Å². The highest BCUT2D eigenvalue weighted by Crippen LogP contribution is 2.23. The van der Waals surface area contributed by atoms with Gasteiger partial charge in [0.1, 0.15) is 11.8 Å². The fourth-order valence-electron chi connectivity index (χ4n) is 1.07. The fourth-order valence-corrected chi connectivity index (χ4v) is 1.07. The molecule has 2 atom stereocenters. The standard InChI is InChI=1S/C9H8F3NO3/c10-6(8(11)12)7(14)4-1-2-13-5(3-4)9(15)16/h1-3,6-8,14H,(H,15,16). The van der Waals surface area contributed by atoms with Crippen molar-refractivity contribution in [1.82, 2.24) is 4.98 Å². The number of nitrogens with zero attached hydrogens (tertiary/aromatic N) is 1. The van der Waals surface area contributed by atoms with Crippen molar-refractivity contribution >= 4 is 5.97 Å². The Morgan fingerprint density at radius 3 is 2.50 bits per heavy atom. The predicted molar refractivity (Wildman–Crippen MR) is 47.1 cm³/mol. The first kappa shape index (κ1) is 12.4. The van der Waals surface area contributed by atoms with Gasteiger partial charge in [-0.05, 0) is 17.7 Å². The van der Waals surface area contributed by atoms with E-state index in [1.807, 2.05) is 0 Å². The zero-order valence-electron chi connectivity index (χ0n) is 7.85. The molecule has 16 heavy (non-hydrogen) atoms. The minimum atomic E-state index is -3.34. The van der Waals surface area contributed by atoms with Crippen molar-refractivity contribution in [1.29, 1.82) is 0 Å². The van der Waals surface area contributed by atoms with Crippen LogP contribution in [-0.2, 0) is 0 Å². The first-order valence-corrected chi connectivity index (χ1v) is 4.23. The van der Waals surface area contributed by atoms with Crippen LogP contribution in [0.3, 0.4) is 0 Å². The zero-order chi connectivity index (χ0) is 12.3. The van der Waals surface area contributed by atoms with Gasteiger partial charge >= 0.3 is 5.97 Å². The molecule has 0 aromatic carbocycles. The van der Waals surface area contributed by atoms with Crippen LogP contribution in [0, 0.1) is 0 Å². The van der Waals surface area contributed by atoms with E-state index in [2.05, 4.69) is 4.98 Å². The fraction of sp³-hybridized carbons (Fsp3) is 0.333. The Morgan fingerprint density at radius 2 is 2.00 bits per heavy atom. The quantitative estimate of drug-likeness (QED) is 0.827. The maximum absolute atomic E-state index is 12.8. The molecule has 88 valence electrons. The lowest BCUT2D eigenvalue weighted by Crippen LogP contribution is -2.22. The van der Waals surface area contributed by atoms with Crippen LogP contribution >= 0.6 is 0 Å². The van der Waals surface area contributed by atoms with Crippen molar-refractivity contribution in [3.8, 4) is 0 Å². The smallest absolute Gasteiger partial charge is 0.354 e. The van der Waals surface area contributed by atoms with E-state index in [1.165, 1.54) is 0 Å². The molecule has 0 radical (unpaired) electrons. The summed E-state index contributed by atoms with van der Waals surface area (Å²) in [7, 11) is 0. The molecule has 1 rings (SSSR count). The molecule has 1 heterocycles. The number of aromatic nitrogens is 1. The molecule has 0 aliphatic carbocycles. The molecular formula is C9H8F3NO3. The molecule has 0 bridgehead atoms. The van der Waals surface area contributed by atoms with Gasteiger partial charge in [0.15, 0.2) is 6.17 Å². The number of pyridine rings is 1. The minimum absolute atomic E-state index is 0.250.